The van der Waals surface area contributed by atoms with Gasteiger partial charge in [0.15, 0.2) is 0 Å². The molecule has 0 aromatic rings. The second-order valence-corrected chi connectivity index (χ2v) is 2.07. The van der Waals surface area contributed by atoms with Crippen LogP contribution in [0.1, 0.15) is 32.6 Å². The molecule has 0 aliphatic rings. The Balaban J connectivity index is 3.08. The highest BCUT2D eigenvalue weighted by atomic mass is 16.6. The van der Waals surface area contributed by atoms with E-state index in [2.05, 4.69) is 28.8 Å². The fourth-order valence-electron chi connectivity index (χ4n) is 0.622. The van der Waals surface area contributed by atoms with E-state index in [0.29, 0.717) is 0 Å². The van der Waals surface area contributed by atoms with Gasteiger partial charge in [0, 0.05) is 19.1 Å². The van der Waals surface area contributed by atoms with Crippen molar-refractivity contribution in [3.8, 4) is 11.8 Å². The Labute approximate surface area is 68.6 Å². The molecule has 0 saturated heterocycles. The zero-order chi connectivity index (χ0) is 8.36. The number of rotatable bonds is 4. The first-order chi connectivity index (χ1) is 5.41. The molecule has 0 heterocycles. The van der Waals surface area contributed by atoms with Gasteiger partial charge in [-0.05, 0) is 12.8 Å². The molecule has 11 heavy (non-hydrogen) atoms. The van der Waals surface area contributed by atoms with Crippen molar-refractivity contribution in [1.29, 1.82) is 0 Å². The highest BCUT2D eigenvalue weighted by molar-refractivity contribution is 5.56. The van der Waals surface area contributed by atoms with Gasteiger partial charge in [0.25, 0.3) is 0 Å². The molecular formula is C9H15NO. The maximum atomic E-state index is 4.50. The maximum absolute atomic E-state index is 4.50. The fourth-order valence-corrected chi connectivity index (χ4v) is 0.622. The van der Waals surface area contributed by atoms with Crippen LogP contribution in [-0.2, 0) is 4.84 Å². The van der Waals surface area contributed by atoms with Crippen LogP contribution in [0.3, 0.4) is 0 Å². The highest BCUT2D eigenvalue weighted by Gasteiger charge is 1.79. The molecule has 62 valence electrons. The predicted octanol–water partition coefficient (Wildman–Crippen LogP) is 2.20. The number of oxime groups is 1. The van der Waals surface area contributed by atoms with E-state index in [4.69, 9.17) is 0 Å². The van der Waals surface area contributed by atoms with Crippen LogP contribution < -0.4 is 0 Å². The Bertz CT molecular complexity index is 153. The quantitative estimate of drug-likeness (QED) is 0.262. The van der Waals surface area contributed by atoms with Gasteiger partial charge in [-0.25, -0.2) is 0 Å². The molecule has 0 bridgehead atoms. The zero-order valence-corrected chi connectivity index (χ0v) is 7.26. The van der Waals surface area contributed by atoms with E-state index in [1.807, 2.05) is 0 Å². The second kappa shape index (κ2) is 9.03. The molecule has 0 aliphatic heterocycles. The van der Waals surface area contributed by atoms with E-state index in [1.54, 1.807) is 13.3 Å². The maximum Gasteiger partial charge on any atom is 0.106 e. The molecule has 0 atom stereocenters. The summed E-state index contributed by atoms with van der Waals surface area (Å²) in [5.74, 6) is 6.07. The fraction of sp³-hybridized carbons (Fsp3) is 0.667. The summed E-state index contributed by atoms with van der Waals surface area (Å²) in [4.78, 5) is 4.50. The minimum Gasteiger partial charge on any atom is -0.399 e. The third kappa shape index (κ3) is 9.03. The second-order valence-electron chi connectivity index (χ2n) is 2.07. The largest absolute Gasteiger partial charge is 0.399 e. The zero-order valence-electron chi connectivity index (χ0n) is 7.26. The van der Waals surface area contributed by atoms with Gasteiger partial charge in [-0.2, -0.15) is 0 Å². The van der Waals surface area contributed by atoms with Gasteiger partial charge in [0.05, 0.1) is 0 Å². The monoisotopic (exact) mass is 153 g/mol. The van der Waals surface area contributed by atoms with Crippen LogP contribution in [0.4, 0.5) is 0 Å². The predicted molar refractivity (Wildman–Crippen MR) is 47.4 cm³/mol. The van der Waals surface area contributed by atoms with Crippen molar-refractivity contribution in [1.82, 2.24) is 0 Å². The van der Waals surface area contributed by atoms with Crippen molar-refractivity contribution >= 4 is 6.21 Å². The summed E-state index contributed by atoms with van der Waals surface area (Å²) in [6.07, 6.45) is 5.70. The lowest BCUT2D eigenvalue weighted by Crippen LogP contribution is -1.77. The molecule has 0 amide bonds. The van der Waals surface area contributed by atoms with E-state index >= 15 is 0 Å². The minimum absolute atomic E-state index is 0.951. The summed E-state index contributed by atoms with van der Waals surface area (Å²) >= 11 is 0. The molecule has 0 aromatic carbocycles. The molecule has 2 nitrogen and oxygen atoms in total. The van der Waals surface area contributed by atoms with E-state index in [-0.39, 0.29) is 0 Å². The summed E-state index contributed by atoms with van der Waals surface area (Å²) < 4.78 is 0. The molecule has 0 fully saturated rings. The smallest absolute Gasteiger partial charge is 0.106 e. The SMILES string of the molecule is CCC#CCCC/C=N\OC. The molecule has 0 aromatic heterocycles. The van der Waals surface area contributed by atoms with Gasteiger partial charge in [0.1, 0.15) is 7.11 Å². The van der Waals surface area contributed by atoms with Crippen LogP contribution in [0.15, 0.2) is 5.16 Å². The Morgan fingerprint density at radius 2 is 2.27 bits per heavy atom. The van der Waals surface area contributed by atoms with Crippen molar-refractivity contribution in [2.75, 3.05) is 7.11 Å². The lowest BCUT2D eigenvalue weighted by atomic mass is 10.2. The van der Waals surface area contributed by atoms with Crippen LogP contribution in [0.2, 0.25) is 0 Å². The standard InChI is InChI=1S/C9H15NO/c1-3-4-5-6-7-8-9-10-11-2/h9H,3,6-8H2,1-2H3/b10-9-. The van der Waals surface area contributed by atoms with Crippen LogP contribution in [-0.4, -0.2) is 13.3 Å². The first kappa shape index (κ1) is 10.0. The first-order valence-corrected chi connectivity index (χ1v) is 3.92. The summed E-state index contributed by atoms with van der Waals surface area (Å²) in [5, 5.41) is 3.62. The van der Waals surface area contributed by atoms with Crippen LogP contribution in [0.25, 0.3) is 0 Å². The van der Waals surface area contributed by atoms with Crippen molar-refractivity contribution in [2.45, 2.75) is 32.6 Å². The number of nitrogens with zero attached hydrogens (tertiary/aromatic N) is 1. The molecule has 0 radical (unpaired) electrons. The summed E-state index contributed by atoms with van der Waals surface area (Å²) in [7, 11) is 1.55. The van der Waals surface area contributed by atoms with Crippen molar-refractivity contribution in [3.05, 3.63) is 0 Å². The normalized spacial score (nSPS) is 9.27. The van der Waals surface area contributed by atoms with Crippen molar-refractivity contribution in [2.24, 2.45) is 5.16 Å². The average molecular weight is 153 g/mol. The van der Waals surface area contributed by atoms with Crippen molar-refractivity contribution < 1.29 is 4.84 Å². The Morgan fingerprint density at radius 3 is 2.91 bits per heavy atom. The molecule has 0 saturated carbocycles. The van der Waals surface area contributed by atoms with Gasteiger partial charge >= 0.3 is 0 Å². The summed E-state index contributed by atoms with van der Waals surface area (Å²) in [6.45, 7) is 2.05. The first-order valence-electron chi connectivity index (χ1n) is 3.92. The molecular weight excluding hydrogens is 138 g/mol. The number of hydrogen-bond acceptors (Lipinski definition) is 2. The molecule has 0 aliphatic carbocycles. The van der Waals surface area contributed by atoms with Gasteiger partial charge in [-0.3, -0.25) is 0 Å². The number of hydrogen-bond donors (Lipinski definition) is 0. The lowest BCUT2D eigenvalue weighted by molar-refractivity contribution is 0.214. The van der Waals surface area contributed by atoms with Crippen LogP contribution >= 0.6 is 0 Å². The van der Waals surface area contributed by atoms with E-state index in [0.717, 1.165) is 25.7 Å². The Morgan fingerprint density at radius 1 is 1.45 bits per heavy atom. The average Bonchev–Trinajstić information content (AvgIpc) is 2.03. The van der Waals surface area contributed by atoms with Gasteiger partial charge in [0.2, 0.25) is 0 Å². The van der Waals surface area contributed by atoms with Gasteiger partial charge in [-0.1, -0.05) is 12.1 Å². The Kier molecular flexibility index (Phi) is 8.23. The Hall–Kier alpha value is -0.970. The van der Waals surface area contributed by atoms with Crippen LogP contribution in [0.5, 0.6) is 0 Å². The summed E-state index contributed by atoms with van der Waals surface area (Å²) in [6, 6.07) is 0. The molecule has 0 spiro atoms. The lowest BCUT2D eigenvalue weighted by Gasteiger charge is -1.86. The molecule has 0 unspecified atom stereocenters. The minimum atomic E-state index is 0.951. The van der Waals surface area contributed by atoms with E-state index < -0.39 is 0 Å². The molecule has 2 heteroatoms. The topological polar surface area (TPSA) is 21.6 Å². The summed E-state index contributed by atoms with van der Waals surface area (Å²) in [5.41, 5.74) is 0. The third-order valence-corrected chi connectivity index (χ3v) is 1.12. The van der Waals surface area contributed by atoms with E-state index in [1.165, 1.54) is 0 Å². The van der Waals surface area contributed by atoms with Gasteiger partial charge in [-0.15, -0.1) is 11.8 Å². The molecule has 0 rings (SSSR count). The molecule has 0 N–H and O–H groups in total. The highest BCUT2D eigenvalue weighted by Crippen LogP contribution is 1.90. The van der Waals surface area contributed by atoms with Crippen molar-refractivity contribution in [3.63, 3.8) is 0 Å². The van der Waals surface area contributed by atoms with Gasteiger partial charge < -0.3 is 4.84 Å². The third-order valence-electron chi connectivity index (χ3n) is 1.12. The van der Waals surface area contributed by atoms with Crippen LogP contribution in [0, 0.1) is 11.8 Å². The number of unbranched alkanes of at least 4 members (excludes halogenated alkanes) is 2. The van der Waals surface area contributed by atoms with E-state index in [9.17, 15) is 0 Å².